The van der Waals surface area contributed by atoms with Crippen LogP contribution in [0.3, 0.4) is 0 Å². The third-order valence-electron chi connectivity index (χ3n) is 4.40. The van der Waals surface area contributed by atoms with Gasteiger partial charge in [0.05, 0.1) is 7.11 Å². The molecule has 1 amide bonds. The Morgan fingerprint density at radius 3 is 2.67 bits per heavy atom. The van der Waals surface area contributed by atoms with Gasteiger partial charge in [0.2, 0.25) is 0 Å². The van der Waals surface area contributed by atoms with Crippen LogP contribution in [0.5, 0.6) is 5.75 Å². The van der Waals surface area contributed by atoms with Gasteiger partial charge in [0.25, 0.3) is 5.91 Å². The van der Waals surface area contributed by atoms with Gasteiger partial charge >= 0.3 is 0 Å². The van der Waals surface area contributed by atoms with Crippen LogP contribution in [0.4, 0.5) is 0 Å². The van der Waals surface area contributed by atoms with E-state index in [1.54, 1.807) is 25.4 Å². The molecule has 1 fully saturated rings. The van der Waals surface area contributed by atoms with Crippen molar-refractivity contribution in [3.05, 3.63) is 59.9 Å². The van der Waals surface area contributed by atoms with Crippen molar-refractivity contribution in [3.63, 3.8) is 0 Å². The number of aromatic nitrogens is 1. The molecule has 0 unspecified atom stereocenters. The van der Waals surface area contributed by atoms with E-state index in [0.29, 0.717) is 18.0 Å². The molecule has 1 aromatic carbocycles. The van der Waals surface area contributed by atoms with Crippen molar-refractivity contribution in [2.24, 2.45) is 0 Å². The van der Waals surface area contributed by atoms with Crippen molar-refractivity contribution >= 4 is 5.91 Å². The van der Waals surface area contributed by atoms with Crippen LogP contribution < -0.4 is 10.1 Å². The van der Waals surface area contributed by atoms with E-state index in [4.69, 9.17) is 4.74 Å². The Kier molecular flexibility index (Phi) is 5.43. The molecule has 1 N–H and O–H groups in total. The average molecular weight is 325 g/mol. The van der Waals surface area contributed by atoms with Crippen molar-refractivity contribution in [1.82, 2.24) is 15.2 Å². The van der Waals surface area contributed by atoms with Gasteiger partial charge in [0.1, 0.15) is 5.75 Å². The summed E-state index contributed by atoms with van der Waals surface area (Å²) in [5, 5.41) is 3.36. The van der Waals surface area contributed by atoms with Crippen molar-refractivity contribution in [2.75, 3.05) is 20.2 Å². The third kappa shape index (κ3) is 3.74. The number of methoxy groups -OCH3 is 1. The molecule has 0 atom stereocenters. The normalized spacial score (nSPS) is 15.0. The lowest BCUT2D eigenvalue weighted by Gasteiger charge is -2.34. The molecule has 1 aliphatic rings. The van der Waals surface area contributed by atoms with E-state index < -0.39 is 0 Å². The standard InChI is InChI=1S/C19H23N3O2/c1-24-17-8-5-11-21-18(17)19(23)22(16-9-12-20-13-10-16)14-15-6-3-2-4-7-15/h2-8,11,16,20H,9-10,12-14H2,1H3. The number of benzene rings is 1. The molecule has 0 saturated carbocycles. The van der Waals surface area contributed by atoms with Crippen LogP contribution in [0, 0.1) is 0 Å². The summed E-state index contributed by atoms with van der Waals surface area (Å²) in [6.07, 6.45) is 3.54. The van der Waals surface area contributed by atoms with Crippen LogP contribution >= 0.6 is 0 Å². The van der Waals surface area contributed by atoms with Crippen molar-refractivity contribution in [3.8, 4) is 5.75 Å². The van der Waals surface area contributed by atoms with Crippen molar-refractivity contribution < 1.29 is 9.53 Å². The maximum absolute atomic E-state index is 13.2. The van der Waals surface area contributed by atoms with Crippen LogP contribution in [0.25, 0.3) is 0 Å². The molecular weight excluding hydrogens is 302 g/mol. The summed E-state index contributed by atoms with van der Waals surface area (Å²) in [4.78, 5) is 19.4. The van der Waals surface area contributed by atoms with E-state index in [0.717, 1.165) is 31.5 Å². The van der Waals surface area contributed by atoms with E-state index in [-0.39, 0.29) is 11.9 Å². The number of rotatable bonds is 5. The lowest BCUT2D eigenvalue weighted by Crippen LogP contribution is -2.46. The molecule has 1 saturated heterocycles. The lowest BCUT2D eigenvalue weighted by molar-refractivity contribution is 0.0613. The number of carbonyl (C=O) groups is 1. The summed E-state index contributed by atoms with van der Waals surface area (Å²) in [5.41, 5.74) is 1.51. The monoisotopic (exact) mass is 325 g/mol. The highest BCUT2D eigenvalue weighted by Gasteiger charge is 2.28. The second kappa shape index (κ2) is 7.93. The minimum absolute atomic E-state index is 0.0665. The summed E-state index contributed by atoms with van der Waals surface area (Å²) in [7, 11) is 1.57. The number of amides is 1. The van der Waals surface area contributed by atoms with Gasteiger partial charge in [-0.3, -0.25) is 4.79 Å². The molecule has 0 spiro atoms. The third-order valence-corrected chi connectivity index (χ3v) is 4.40. The number of hydrogen-bond acceptors (Lipinski definition) is 4. The number of nitrogens with zero attached hydrogens (tertiary/aromatic N) is 2. The highest BCUT2D eigenvalue weighted by molar-refractivity contribution is 5.95. The number of piperidine rings is 1. The molecular formula is C19H23N3O2. The molecule has 2 heterocycles. The molecule has 5 heteroatoms. The fourth-order valence-electron chi connectivity index (χ4n) is 3.12. The Hall–Kier alpha value is -2.40. The predicted octanol–water partition coefficient (Wildman–Crippen LogP) is 2.48. The van der Waals surface area contributed by atoms with Gasteiger partial charge in [-0.05, 0) is 43.6 Å². The largest absolute Gasteiger partial charge is 0.494 e. The minimum atomic E-state index is -0.0665. The van der Waals surface area contributed by atoms with Crippen LogP contribution in [0.15, 0.2) is 48.7 Å². The SMILES string of the molecule is COc1cccnc1C(=O)N(Cc1ccccc1)C1CCNCC1. The highest BCUT2D eigenvalue weighted by atomic mass is 16.5. The molecule has 0 radical (unpaired) electrons. The summed E-state index contributed by atoms with van der Waals surface area (Å²) in [6.45, 7) is 2.45. The summed E-state index contributed by atoms with van der Waals surface area (Å²) >= 11 is 0. The van der Waals surface area contributed by atoms with Crippen LogP contribution in [0.2, 0.25) is 0 Å². The first-order valence-corrected chi connectivity index (χ1v) is 8.34. The second-order valence-corrected chi connectivity index (χ2v) is 5.95. The quantitative estimate of drug-likeness (QED) is 0.918. The van der Waals surface area contributed by atoms with Gasteiger partial charge in [-0.2, -0.15) is 0 Å². The van der Waals surface area contributed by atoms with E-state index in [9.17, 15) is 4.79 Å². The average Bonchev–Trinajstić information content (AvgIpc) is 2.67. The second-order valence-electron chi connectivity index (χ2n) is 5.95. The zero-order valence-electron chi connectivity index (χ0n) is 13.9. The Morgan fingerprint density at radius 1 is 1.21 bits per heavy atom. The fourth-order valence-corrected chi connectivity index (χ4v) is 3.12. The fraction of sp³-hybridized carbons (Fsp3) is 0.368. The Labute approximate surface area is 142 Å². The first kappa shape index (κ1) is 16.5. The smallest absolute Gasteiger partial charge is 0.276 e. The Bertz CT molecular complexity index is 669. The minimum Gasteiger partial charge on any atom is -0.494 e. The molecule has 126 valence electrons. The topological polar surface area (TPSA) is 54.5 Å². The van der Waals surface area contributed by atoms with Gasteiger partial charge in [-0.15, -0.1) is 0 Å². The number of pyridine rings is 1. The number of carbonyl (C=O) groups excluding carboxylic acids is 1. The molecule has 1 aliphatic heterocycles. The van der Waals surface area contributed by atoms with E-state index in [1.807, 2.05) is 23.1 Å². The summed E-state index contributed by atoms with van der Waals surface area (Å²) in [6, 6.07) is 13.9. The number of nitrogens with one attached hydrogen (secondary N) is 1. The van der Waals surface area contributed by atoms with E-state index >= 15 is 0 Å². The Balaban J connectivity index is 1.89. The molecule has 24 heavy (non-hydrogen) atoms. The van der Waals surface area contributed by atoms with Crippen molar-refractivity contribution in [1.29, 1.82) is 0 Å². The van der Waals surface area contributed by atoms with Gasteiger partial charge in [-0.1, -0.05) is 30.3 Å². The van der Waals surface area contributed by atoms with Gasteiger partial charge in [0.15, 0.2) is 5.69 Å². The van der Waals surface area contributed by atoms with Crippen LogP contribution in [0.1, 0.15) is 28.9 Å². The van der Waals surface area contributed by atoms with Gasteiger partial charge in [-0.25, -0.2) is 4.98 Å². The lowest BCUT2D eigenvalue weighted by atomic mass is 10.0. The maximum Gasteiger partial charge on any atom is 0.276 e. The van der Waals surface area contributed by atoms with Crippen molar-refractivity contribution in [2.45, 2.75) is 25.4 Å². The Morgan fingerprint density at radius 2 is 1.96 bits per heavy atom. The van der Waals surface area contributed by atoms with Gasteiger partial charge in [0, 0.05) is 18.8 Å². The summed E-state index contributed by atoms with van der Waals surface area (Å²) in [5.74, 6) is 0.456. The van der Waals surface area contributed by atoms with E-state index in [1.165, 1.54) is 0 Å². The first-order valence-electron chi connectivity index (χ1n) is 8.34. The number of hydrogen-bond donors (Lipinski definition) is 1. The molecule has 2 aromatic rings. The molecule has 5 nitrogen and oxygen atoms in total. The maximum atomic E-state index is 13.2. The zero-order chi connectivity index (χ0) is 16.8. The molecule has 3 rings (SSSR count). The van der Waals surface area contributed by atoms with E-state index in [2.05, 4.69) is 22.4 Å². The molecule has 1 aromatic heterocycles. The number of ether oxygens (including phenoxy) is 1. The highest BCUT2D eigenvalue weighted by Crippen LogP contribution is 2.22. The predicted molar refractivity (Wildman–Crippen MR) is 93.0 cm³/mol. The summed E-state index contributed by atoms with van der Waals surface area (Å²) < 4.78 is 5.33. The van der Waals surface area contributed by atoms with Crippen LogP contribution in [-0.4, -0.2) is 42.0 Å². The van der Waals surface area contributed by atoms with Gasteiger partial charge < -0.3 is 15.0 Å². The zero-order valence-corrected chi connectivity index (χ0v) is 13.9. The molecule has 0 aliphatic carbocycles. The first-order chi connectivity index (χ1) is 11.8. The van der Waals surface area contributed by atoms with Crippen LogP contribution in [-0.2, 0) is 6.54 Å². The molecule has 0 bridgehead atoms.